The van der Waals surface area contributed by atoms with Crippen molar-refractivity contribution in [3.63, 3.8) is 0 Å². The average molecular weight is 327 g/mol. The Hall–Kier alpha value is -1.95. The van der Waals surface area contributed by atoms with Crippen LogP contribution in [0.5, 0.6) is 0 Å². The molecule has 2 fully saturated rings. The highest BCUT2D eigenvalue weighted by atomic mass is 16.1. The summed E-state index contributed by atoms with van der Waals surface area (Å²) in [5.74, 6) is 0.585. The first-order valence-electron chi connectivity index (χ1n) is 8.98. The zero-order chi connectivity index (χ0) is 16.5. The molecule has 0 N–H and O–H groups in total. The maximum atomic E-state index is 12.2. The number of hydrogen-bond acceptors (Lipinski definition) is 4. The average Bonchev–Trinajstić information content (AvgIpc) is 3.21. The lowest BCUT2D eigenvalue weighted by molar-refractivity contribution is 0.225. The van der Waals surface area contributed by atoms with Gasteiger partial charge in [-0.3, -0.25) is 9.69 Å². The van der Waals surface area contributed by atoms with E-state index in [0.717, 1.165) is 31.6 Å². The van der Waals surface area contributed by atoms with Crippen LogP contribution >= 0.6 is 0 Å². The molecule has 0 bridgehead atoms. The molecule has 0 radical (unpaired) electrons. The molecule has 128 valence electrons. The van der Waals surface area contributed by atoms with Crippen molar-refractivity contribution in [2.45, 2.75) is 50.6 Å². The van der Waals surface area contributed by atoms with Crippen LogP contribution in [0.25, 0.3) is 0 Å². The molecular weight excluding hydrogens is 302 g/mol. The zero-order valence-corrected chi connectivity index (χ0v) is 14.3. The molecule has 1 aliphatic carbocycles. The molecule has 3 heterocycles. The Kier molecular flexibility index (Phi) is 4.22. The molecule has 1 unspecified atom stereocenters. The van der Waals surface area contributed by atoms with Gasteiger partial charge in [0.05, 0.1) is 18.6 Å². The lowest BCUT2D eigenvalue weighted by Crippen LogP contribution is -2.38. The second-order valence-electron chi connectivity index (χ2n) is 7.13. The van der Waals surface area contributed by atoms with E-state index in [0.29, 0.717) is 18.5 Å². The largest absolute Gasteiger partial charge is 0.338 e. The van der Waals surface area contributed by atoms with Crippen molar-refractivity contribution in [3.05, 3.63) is 46.4 Å². The number of hydrogen-bond donors (Lipinski definition) is 0. The first-order valence-corrected chi connectivity index (χ1v) is 8.98. The minimum absolute atomic E-state index is 0.0258. The molecule has 1 saturated heterocycles. The summed E-state index contributed by atoms with van der Waals surface area (Å²) in [7, 11) is 2.04. The standard InChI is InChI=1S/C18H25N5O/c1-21-13-19-11-15(21)8-10-22-9-2-3-16(22)12-23-18(24)7-6-17(20-23)14-4-5-14/h6-7,11,13-14,16H,2-5,8-10,12H2,1H3. The van der Waals surface area contributed by atoms with Gasteiger partial charge in [-0.25, -0.2) is 9.67 Å². The van der Waals surface area contributed by atoms with E-state index in [1.807, 2.05) is 25.6 Å². The van der Waals surface area contributed by atoms with Gasteiger partial charge in [-0.2, -0.15) is 5.10 Å². The molecule has 0 amide bonds. The van der Waals surface area contributed by atoms with E-state index in [1.165, 1.54) is 25.0 Å². The van der Waals surface area contributed by atoms with Crippen molar-refractivity contribution in [3.8, 4) is 0 Å². The highest BCUT2D eigenvalue weighted by molar-refractivity contribution is 5.12. The molecule has 24 heavy (non-hydrogen) atoms. The zero-order valence-electron chi connectivity index (χ0n) is 14.3. The van der Waals surface area contributed by atoms with E-state index in [9.17, 15) is 4.79 Å². The third-order valence-corrected chi connectivity index (χ3v) is 5.34. The summed E-state index contributed by atoms with van der Waals surface area (Å²) in [4.78, 5) is 18.9. The Labute approximate surface area is 142 Å². The predicted octanol–water partition coefficient (Wildman–Crippen LogP) is 1.56. The Balaban J connectivity index is 1.42. The van der Waals surface area contributed by atoms with Gasteiger partial charge in [0.15, 0.2) is 0 Å². The Morgan fingerprint density at radius 3 is 2.88 bits per heavy atom. The number of rotatable bonds is 6. The summed E-state index contributed by atoms with van der Waals surface area (Å²) in [6.45, 7) is 2.84. The lowest BCUT2D eigenvalue weighted by Gasteiger charge is -2.24. The highest BCUT2D eigenvalue weighted by Gasteiger charge is 2.28. The lowest BCUT2D eigenvalue weighted by atomic mass is 10.2. The van der Waals surface area contributed by atoms with E-state index < -0.39 is 0 Å². The number of nitrogens with zero attached hydrogens (tertiary/aromatic N) is 5. The van der Waals surface area contributed by atoms with Crippen LogP contribution in [0.4, 0.5) is 0 Å². The summed E-state index contributed by atoms with van der Waals surface area (Å²) in [6, 6.07) is 4.01. The van der Waals surface area contributed by atoms with Gasteiger partial charge in [0.2, 0.25) is 0 Å². The molecule has 0 aromatic carbocycles. The van der Waals surface area contributed by atoms with Gasteiger partial charge in [0.1, 0.15) is 0 Å². The van der Waals surface area contributed by atoms with Crippen LogP contribution in [-0.2, 0) is 20.0 Å². The van der Waals surface area contributed by atoms with E-state index in [4.69, 9.17) is 0 Å². The van der Waals surface area contributed by atoms with Crippen molar-refractivity contribution < 1.29 is 0 Å². The van der Waals surface area contributed by atoms with Crippen LogP contribution in [0, 0.1) is 0 Å². The Bertz CT molecular complexity index is 761. The van der Waals surface area contributed by atoms with Crippen LogP contribution in [0.15, 0.2) is 29.5 Å². The van der Waals surface area contributed by atoms with Gasteiger partial charge in [-0.15, -0.1) is 0 Å². The van der Waals surface area contributed by atoms with Crippen molar-refractivity contribution in [1.29, 1.82) is 0 Å². The van der Waals surface area contributed by atoms with Crippen LogP contribution in [-0.4, -0.2) is 43.4 Å². The third kappa shape index (κ3) is 3.29. The molecule has 6 nitrogen and oxygen atoms in total. The first kappa shape index (κ1) is 15.6. The minimum Gasteiger partial charge on any atom is -0.338 e. The van der Waals surface area contributed by atoms with Gasteiger partial charge < -0.3 is 4.57 Å². The summed E-state index contributed by atoms with van der Waals surface area (Å²) in [6.07, 6.45) is 9.56. The van der Waals surface area contributed by atoms with Crippen molar-refractivity contribution in [1.82, 2.24) is 24.2 Å². The highest BCUT2D eigenvalue weighted by Crippen LogP contribution is 2.38. The van der Waals surface area contributed by atoms with Crippen LogP contribution in [0.3, 0.4) is 0 Å². The summed E-state index contributed by atoms with van der Waals surface area (Å²) >= 11 is 0. The van der Waals surface area contributed by atoms with E-state index in [2.05, 4.69) is 19.5 Å². The Morgan fingerprint density at radius 1 is 1.25 bits per heavy atom. The van der Waals surface area contributed by atoms with E-state index in [-0.39, 0.29) is 5.56 Å². The molecule has 2 aromatic heterocycles. The van der Waals surface area contributed by atoms with Gasteiger partial charge in [0, 0.05) is 49.9 Å². The smallest absolute Gasteiger partial charge is 0.266 e. The van der Waals surface area contributed by atoms with Crippen molar-refractivity contribution >= 4 is 0 Å². The molecule has 6 heteroatoms. The topological polar surface area (TPSA) is 56.0 Å². The van der Waals surface area contributed by atoms with Gasteiger partial charge in [0.25, 0.3) is 5.56 Å². The fourth-order valence-corrected chi connectivity index (χ4v) is 3.67. The number of aryl methyl sites for hydroxylation is 1. The fraction of sp³-hybridized carbons (Fsp3) is 0.611. The predicted molar refractivity (Wildman–Crippen MR) is 92.0 cm³/mol. The summed E-state index contributed by atoms with van der Waals surface area (Å²) < 4.78 is 3.77. The monoisotopic (exact) mass is 327 g/mol. The SMILES string of the molecule is Cn1cncc1CCN1CCCC1Cn1nc(C2CC2)ccc1=O. The maximum Gasteiger partial charge on any atom is 0.266 e. The summed E-state index contributed by atoms with van der Waals surface area (Å²) in [5.41, 5.74) is 2.37. The molecular formula is C18H25N5O. The second-order valence-corrected chi connectivity index (χ2v) is 7.13. The fourth-order valence-electron chi connectivity index (χ4n) is 3.67. The van der Waals surface area contributed by atoms with Gasteiger partial charge in [-0.1, -0.05) is 0 Å². The normalized spacial score (nSPS) is 21.5. The first-order chi connectivity index (χ1) is 11.7. The van der Waals surface area contributed by atoms with Crippen LogP contribution in [0.2, 0.25) is 0 Å². The number of aromatic nitrogens is 4. The Morgan fingerprint density at radius 2 is 2.12 bits per heavy atom. The quantitative estimate of drug-likeness (QED) is 0.808. The van der Waals surface area contributed by atoms with Gasteiger partial charge in [-0.05, 0) is 38.3 Å². The minimum atomic E-state index is 0.0258. The van der Waals surface area contributed by atoms with Crippen LogP contribution < -0.4 is 5.56 Å². The van der Waals surface area contributed by atoms with Gasteiger partial charge >= 0.3 is 0 Å². The van der Waals surface area contributed by atoms with E-state index >= 15 is 0 Å². The molecule has 1 atom stereocenters. The van der Waals surface area contributed by atoms with Crippen LogP contribution in [0.1, 0.15) is 43.0 Å². The maximum absolute atomic E-state index is 12.2. The molecule has 0 spiro atoms. The third-order valence-electron chi connectivity index (χ3n) is 5.34. The van der Waals surface area contributed by atoms with E-state index in [1.54, 1.807) is 10.7 Å². The van der Waals surface area contributed by atoms with Crippen molar-refractivity contribution in [2.24, 2.45) is 7.05 Å². The number of imidazole rings is 1. The molecule has 2 aliphatic rings. The molecule has 2 aromatic rings. The molecule has 1 saturated carbocycles. The second kappa shape index (κ2) is 6.51. The molecule has 1 aliphatic heterocycles. The molecule has 4 rings (SSSR count). The number of likely N-dealkylation sites (tertiary alicyclic amines) is 1. The van der Waals surface area contributed by atoms with Crippen molar-refractivity contribution in [2.75, 3.05) is 13.1 Å². The summed E-state index contributed by atoms with van der Waals surface area (Å²) in [5, 5.41) is 4.62.